The zero-order chi connectivity index (χ0) is 12.4. The van der Waals surface area contributed by atoms with E-state index in [1.54, 1.807) is 18.2 Å². The standard InChI is InChI=1S/C13H11BrClNO/c1-8-7-9(5-6-10(8)14)17-12-4-2-3-11(15)13(12)16/h2-7H,16H2,1H3. The lowest BCUT2D eigenvalue weighted by atomic mass is 10.2. The van der Waals surface area contributed by atoms with Crippen LogP contribution in [-0.2, 0) is 0 Å². The van der Waals surface area contributed by atoms with Gasteiger partial charge in [-0.15, -0.1) is 0 Å². The third-order valence-electron chi connectivity index (χ3n) is 2.37. The first-order valence-electron chi connectivity index (χ1n) is 5.06. The second-order valence-corrected chi connectivity index (χ2v) is 4.93. The molecule has 0 saturated carbocycles. The molecule has 2 aromatic carbocycles. The summed E-state index contributed by atoms with van der Waals surface area (Å²) in [5.74, 6) is 1.30. The van der Waals surface area contributed by atoms with E-state index >= 15 is 0 Å². The lowest BCUT2D eigenvalue weighted by molar-refractivity contribution is 0.484. The number of nitrogen functional groups attached to an aromatic ring is 1. The Morgan fingerprint density at radius 2 is 2.00 bits per heavy atom. The fraction of sp³-hybridized carbons (Fsp3) is 0.0769. The molecule has 0 aliphatic carbocycles. The molecule has 2 N–H and O–H groups in total. The van der Waals surface area contributed by atoms with Crippen molar-refractivity contribution in [2.24, 2.45) is 0 Å². The molecule has 88 valence electrons. The van der Waals surface area contributed by atoms with Gasteiger partial charge in [-0.1, -0.05) is 33.6 Å². The Morgan fingerprint density at radius 3 is 2.71 bits per heavy atom. The number of halogens is 2. The smallest absolute Gasteiger partial charge is 0.151 e. The summed E-state index contributed by atoms with van der Waals surface area (Å²) in [5, 5.41) is 0.497. The highest BCUT2D eigenvalue weighted by Gasteiger charge is 2.06. The van der Waals surface area contributed by atoms with Crippen LogP contribution in [0, 0.1) is 6.92 Å². The molecule has 2 nitrogen and oxygen atoms in total. The number of nitrogens with two attached hydrogens (primary N) is 1. The van der Waals surface area contributed by atoms with Crippen LogP contribution < -0.4 is 10.5 Å². The van der Waals surface area contributed by atoms with Crippen LogP contribution in [0.3, 0.4) is 0 Å². The molecule has 0 aromatic heterocycles. The van der Waals surface area contributed by atoms with Crippen LogP contribution in [0.2, 0.25) is 5.02 Å². The highest BCUT2D eigenvalue weighted by molar-refractivity contribution is 9.10. The molecule has 0 bridgehead atoms. The summed E-state index contributed by atoms with van der Waals surface area (Å²) in [6.45, 7) is 2.00. The Morgan fingerprint density at radius 1 is 1.24 bits per heavy atom. The van der Waals surface area contributed by atoms with Crippen LogP contribution in [0.5, 0.6) is 11.5 Å². The minimum absolute atomic E-state index is 0.453. The summed E-state index contributed by atoms with van der Waals surface area (Å²) in [5.41, 5.74) is 7.39. The van der Waals surface area contributed by atoms with E-state index < -0.39 is 0 Å². The number of anilines is 1. The lowest BCUT2D eigenvalue weighted by Crippen LogP contribution is -1.93. The summed E-state index contributed by atoms with van der Waals surface area (Å²) in [7, 11) is 0. The van der Waals surface area contributed by atoms with Gasteiger partial charge in [-0.25, -0.2) is 0 Å². The van der Waals surface area contributed by atoms with Crippen molar-refractivity contribution in [1.29, 1.82) is 0 Å². The Kier molecular flexibility index (Phi) is 3.60. The minimum atomic E-state index is 0.453. The molecule has 0 atom stereocenters. The molecule has 0 unspecified atom stereocenters. The maximum absolute atomic E-state index is 5.92. The second kappa shape index (κ2) is 4.98. The second-order valence-electron chi connectivity index (χ2n) is 3.66. The van der Waals surface area contributed by atoms with Gasteiger partial charge in [0.2, 0.25) is 0 Å². The molecule has 0 amide bonds. The largest absolute Gasteiger partial charge is 0.455 e. The Bertz CT molecular complexity index is 557. The Hall–Kier alpha value is -1.19. The van der Waals surface area contributed by atoms with E-state index in [0.29, 0.717) is 16.5 Å². The topological polar surface area (TPSA) is 35.2 Å². The van der Waals surface area contributed by atoms with Crippen molar-refractivity contribution in [3.8, 4) is 11.5 Å². The monoisotopic (exact) mass is 311 g/mol. The zero-order valence-electron chi connectivity index (χ0n) is 9.21. The predicted octanol–water partition coefficient (Wildman–Crippen LogP) is 4.79. The molecule has 2 aromatic rings. The van der Waals surface area contributed by atoms with Gasteiger partial charge in [0.15, 0.2) is 5.75 Å². The molecule has 0 aliphatic heterocycles. The Balaban J connectivity index is 2.31. The van der Waals surface area contributed by atoms with Crippen molar-refractivity contribution in [3.05, 3.63) is 51.5 Å². The van der Waals surface area contributed by atoms with Gasteiger partial charge in [-0.2, -0.15) is 0 Å². The summed E-state index contributed by atoms with van der Waals surface area (Å²) in [6.07, 6.45) is 0. The number of rotatable bonds is 2. The highest BCUT2D eigenvalue weighted by Crippen LogP contribution is 2.33. The van der Waals surface area contributed by atoms with Gasteiger partial charge in [0, 0.05) is 4.47 Å². The average Bonchev–Trinajstić information content (AvgIpc) is 2.30. The van der Waals surface area contributed by atoms with Crippen molar-refractivity contribution in [3.63, 3.8) is 0 Å². The first-order valence-corrected chi connectivity index (χ1v) is 6.23. The van der Waals surface area contributed by atoms with E-state index in [-0.39, 0.29) is 0 Å². The maximum atomic E-state index is 5.92. The maximum Gasteiger partial charge on any atom is 0.151 e. The minimum Gasteiger partial charge on any atom is -0.455 e. The first kappa shape index (κ1) is 12.3. The van der Waals surface area contributed by atoms with Crippen molar-refractivity contribution in [2.75, 3.05) is 5.73 Å². The summed E-state index contributed by atoms with van der Waals surface area (Å²) in [6, 6.07) is 11.1. The lowest BCUT2D eigenvalue weighted by Gasteiger charge is -2.10. The fourth-order valence-corrected chi connectivity index (χ4v) is 1.83. The first-order chi connectivity index (χ1) is 8.08. The Labute approximate surface area is 113 Å². The quantitative estimate of drug-likeness (QED) is 0.810. The van der Waals surface area contributed by atoms with Crippen LogP contribution in [0.15, 0.2) is 40.9 Å². The molecule has 0 heterocycles. The van der Waals surface area contributed by atoms with E-state index in [1.165, 1.54) is 0 Å². The number of aryl methyl sites for hydroxylation is 1. The number of para-hydroxylation sites is 1. The van der Waals surface area contributed by atoms with Gasteiger partial charge in [0.05, 0.1) is 10.7 Å². The highest BCUT2D eigenvalue weighted by atomic mass is 79.9. The fourth-order valence-electron chi connectivity index (χ4n) is 1.41. The number of benzene rings is 2. The predicted molar refractivity (Wildman–Crippen MR) is 74.8 cm³/mol. The molecule has 0 radical (unpaired) electrons. The molecular formula is C13H11BrClNO. The molecule has 0 fully saturated rings. The molecular weight excluding hydrogens is 302 g/mol. The molecule has 17 heavy (non-hydrogen) atoms. The van der Waals surface area contributed by atoms with Crippen LogP contribution in [0.4, 0.5) is 5.69 Å². The summed E-state index contributed by atoms with van der Waals surface area (Å²) < 4.78 is 6.74. The van der Waals surface area contributed by atoms with Crippen LogP contribution in [-0.4, -0.2) is 0 Å². The molecule has 2 rings (SSSR count). The number of hydrogen-bond donors (Lipinski definition) is 1. The van der Waals surface area contributed by atoms with Crippen molar-refractivity contribution < 1.29 is 4.74 Å². The normalized spacial score (nSPS) is 10.3. The molecule has 4 heteroatoms. The average molecular weight is 313 g/mol. The molecule has 0 spiro atoms. The summed E-state index contributed by atoms with van der Waals surface area (Å²) >= 11 is 9.36. The van der Waals surface area contributed by atoms with Crippen LogP contribution in [0.25, 0.3) is 0 Å². The van der Waals surface area contributed by atoms with Crippen LogP contribution in [0.1, 0.15) is 5.56 Å². The van der Waals surface area contributed by atoms with Gasteiger partial charge in [0.25, 0.3) is 0 Å². The molecule has 0 saturated heterocycles. The van der Waals surface area contributed by atoms with Gasteiger partial charge in [-0.3, -0.25) is 0 Å². The number of ether oxygens (including phenoxy) is 1. The third kappa shape index (κ3) is 2.73. The summed E-state index contributed by atoms with van der Waals surface area (Å²) in [4.78, 5) is 0. The molecule has 0 aliphatic rings. The third-order valence-corrected chi connectivity index (χ3v) is 3.59. The van der Waals surface area contributed by atoms with E-state index in [2.05, 4.69) is 15.9 Å². The van der Waals surface area contributed by atoms with Gasteiger partial charge < -0.3 is 10.5 Å². The van der Waals surface area contributed by atoms with Gasteiger partial charge in [0.1, 0.15) is 5.75 Å². The van der Waals surface area contributed by atoms with E-state index in [1.807, 2.05) is 25.1 Å². The SMILES string of the molecule is Cc1cc(Oc2cccc(Cl)c2N)ccc1Br. The van der Waals surface area contributed by atoms with E-state index in [0.717, 1.165) is 15.8 Å². The van der Waals surface area contributed by atoms with Crippen molar-refractivity contribution in [1.82, 2.24) is 0 Å². The van der Waals surface area contributed by atoms with Gasteiger partial charge >= 0.3 is 0 Å². The number of hydrogen-bond acceptors (Lipinski definition) is 2. The van der Waals surface area contributed by atoms with Crippen LogP contribution >= 0.6 is 27.5 Å². The van der Waals surface area contributed by atoms with E-state index in [9.17, 15) is 0 Å². The van der Waals surface area contributed by atoms with Crippen molar-refractivity contribution >= 4 is 33.2 Å². The van der Waals surface area contributed by atoms with E-state index in [4.69, 9.17) is 22.1 Å². The van der Waals surface area contributed by atoms with Gasteiger partial charge in [-0.05, 0) is 42.8 Å². The van der Waals surface area contributed by atoms with Crippen molar-refractivity contribution in [2.45, 2.75) is 6.92 Å². The zero-order valence-corrected chi connectivity index (χ0v) is 11.5.